The SMILES string of the molecule is Cc1ccc(F)c(CC(=O)Nc2ccc(Oc3cccc(Cl)c3)c(S(N)(=O)=O)c2)c1Cl.NS(=O)(=O)c1cc(NC(=O)Cc2ccncc2Cl)ccc1Oc1cccc(Cl)c1. The molecule has 0 aliphatic heterocycles. The minimum Gasteiger partial charge on any atom is -0.456 e. The molecule has 0 bridgehead atoms. The van der Waals surface area contributed by atoms with Crippen LogP contribution < -0.4 is 30.4 Å². The molecule has 6 N–H and O–H groups in total. The highest BCUT2D eigenvalue weighted by molar-refractivity contribution is 7.89. The van der Waals surface area contributed by atoms with Gasteiger partial charge in [0.2, 0.25) is 31.9 Å². The second kappa shape index (κ2) is 19.8. The van der Waals surface area contributed by atoms with E-state index in [0.717, 1.165) is 6.07 Å². The number of benzene rings is 5. The monoisotopic (exact) mass is 933 g/mol. The number of nitrogens with zero attached hydrogens (tertiary/aromatic N) is 1. The number of nitrogens with two attached hydrogens (primary N) is 2. The maximum Gasteiger partial charge on any atom is 0.241 e. The fraction of sp³-hybridized carbons (Fsp3) is 0.0750. The van der Waals surface area contributed by atoms with Crippen molar-refractivity contribution in [1.82, 2.24) is 4.98 Å². The van der Waals surface area contributed by atoms with Crippen LogP contribution in [0.15, 0.2) is 125 Å². The van der Waals surface area contributed by atoms with E-state index >= 15 is 0 Å². The molecular weight excluding hydrogens is 903 g/mol. The van der Waals surface area contributed by atoms with Crippen molar-refractivity contribution in [2.24, 2.45) is 10.3 Å². The van der Waals surface area contributed by atoms with Crippen LogP contribution in [0.4, 0.5) is 15.8 Å². The largest absolute Gasteiger partial charge is 0.456 e. The van der Waals surface area contributed by atoms with Crippen LogP contribution in [0.2, 0.25) is 20.1 Å². The van der Waals surface area contributed by atoms with E-state index < -0.39 is 31.8 Å². The molecule has 0 aliphatic carbocycles. The molecule has 0 aliphatic rings. The molecule has 0 saturated heterocycles. The van der Waals surface area contributed by atoms with Gasteiger partial charge in [-0.05, 0) is 103 Å². The van der Waals surface area contributed by atoms with Crippen LogP contribution in [0.25, 0.3) is 0 Å². The Morgan fingerprint density at radius 1 is 0.683 bits per heavy atom. The van der Waals surface area contributed by atoms with E-state index in [1.165, 1.54) is 67.0 Å². The van der Waals surface area contributed by atoms with Gasteiger partial charge < -0.3 is 20.1 Å². The minimum atomic E-state index is -4.19. The van der Waals surface area contributed by atoms with Gasteiger partial charge in [0.05, 0.1) is 22.9 Å². The van der Waals surface area contributed by atoms with Gasteiger partial charge in [0.25, 0.3) is 0 Å². The Labute approximate surface area is 364 Å². The van der Waals surface area contributed by atoms with Crippen molar-refractivity contribution in [2.45, 2.75) is 29.6 Å². The third-order valence-electron chi connectivity index (χ3n) is 8.04. The molecule has 5 aromatic carbocycles. The molecule has 6 rings (SSSR count). The third-order valence-corrected chi connectivity index (χ3v) is 11.2. The first-order valence-electron chi connectivity index (χ1n) is 17.1. The van der Waals surface area contributed by atoms with Gasteiger partial charge >= 0.3 is 0 Å². The molecule has 6 aromatic rings. The average Bonchev–Trinajstić information content (AvgIpc) is 3.16. The summed E-state index contributed by atoms with van der Waals surface area (Å²) in [7, 11) is -8.32. The smallest absolute Gasteiger partial charge is 0.241 e. The number of halogens is 5. The standard InChI is InChI=1S/C21H17Cl2FN2O4S.C19H15Cl2N3O4S/c1-12-5-7-17(24)16(21(12)23)11-20(27)26-14-6-8-18(19(10-14)31(25,28)29)30-15-4-2-3-13(22)9-15;20-13-2-1-3-15(9-13)28-17-5-4-14(10-18(17)29(22,26)27)24-19(25)8-12-6-7-23-11-16(12)21/h2-10H,11H2,1H3,(H,26,27)(H2,25,28,29);1-7,9-11H,8H2,(H,24,25)(H2,22,26,27). The van der Waals surface area contributed by atoms with Crippen LogP contribution in [0, 0.1) is 12.7 Å². The van der Waals surface area contributed by atoms with Crippen LogP contribution in [0.5, 0.6) is 23.0 Å². The number of anilines is 2. The molecule has 0 spiro atoms. The van der Waals surface area contributed by atoms with Gasteiger partial charge in [-0.25, -0.2) is 31.5 Å². The number of hydrogen-bond acceptors (Lipinski definition) is 9. The maximum absolute atomic E-state index is 14.1. The second-order valence-corrected chi connectivity index (χ2v) is 17.3. The van der Waals surface area contributed by atoms with E-state index in [1.807, 2.05) is 0 Å². The number of carbonyl (C=O) groups excluding carboxylic acids is 2. The lowest BCUT2D eigenvalue weighted by atomic mass is 10.1. The summed E-state index contributed by atoms with van der Waals surface area (Å²) in [5, 5.41) is 17.1. The fourth-order valence-corrected chi connectivity index (χ4v) is 7.40. The van der Waals surface area contributed by atoms with Crippen molar-refractivity contribution in [2.75, 3.05) is 10.6 Å². The van der Waals surface area contributed by atoms with Crippen molar-refractivity contribution in [1.29, 1.82) is 0 Å². The number of nitrogens with one attached hydrogen (secondary N) is 2. The fourth-order valence-electron chi connectivity index (χ4n) is 5.27. The number of sulfonamides is 2. The second-order valence-electron chi connectivity index (χ2n) is 12.6. The van der Waals surface area contributed by atoms with Gasteiger partial charge in [-0.15, -0.1) is 0 Å². The summed E-state index contributed by atoms with van der Waals surface area (Å²) in [5.41, 5.74) is 1.64. The Bertz CT molecular complexity index is 2820. The van der Waals surface area contributed by atoms with Crippen LogP contribution in [-0.2, 0) is 42.5 Å². The summed E-state index contributed by atoms with van der Waals surface area (Å²) in [6.45, 7) is 1.69. The molecule has 0 fully saturated rings. The maximum atomic E-state index is 14.1. The van der Waals surface area contributed by atoms with Gasteiger partial charge in [0, 0.05) is 39.4 Å². The van der Waals surface area contributed by atoms with E-state index in [4.69, 9.17) is 66.2 Å². The van der Waals surface area contributed by atoms with Crippen molar-refractivity contribution in [3.8, 4) is 23.0 Å². The highest BCUT2D eigenvalue weighted by atomic mass is 35.5. The molecule has 0 unspecified atom stereocenters. The number of aryl methyl sites for hydroxylation is 1. The van der Waals surface area contributed by atoms with Crippen molar-refractivity contribution in [3.63, 3.8) is 0 Å². The predicted octanol–water partition coefficient (Wildman–Crippen LogP) is 9.07. The highest BCUT2D eigenvalue weighted by Crippen LogP contribution is 2.34. The van der Waals surface area contributed by atoms with Crippen molar-refractivity contribution in [3.05, 3.63) is 158 Å². The van der Waals surface area contributed by atoms with E-state index in [9.17, 15) is 30.8 Å². The van der Waals surface area contributed by atoms with Crippen molar-refractivity contribution < 1.29 is 40.3 Å². The van der Waals surface area contributed by atoms with Crippen LogP contribution in [-0.4, -0.2) is 33.6 Å². The molecule has 312 valence electrons. The first-order chi connectivity index (χ1) is 28.3. The van der Waals surface area contributed by atoms with Crippen LogP contribution in [0.1, 0.15) is 16.7 Å². The molecule has 0 radical (unpaired) electrons. The number of aromatic nitrogens is 1. The first kappa shape index (κ1) is 45.8. The topological polar surface area (TPSA) is 210 Å². The minimum absolute atomic E-state index is 0.00458. The quantitative estimate of drug-likeness (QED) is 0.0921. The molecule has 1 heterocycles. The molecule has 2 amide bonds. The number of ether oxygens (including phenoxy) is 2. The van der Waals surface area contributed by atoms with Crippen LogP contribution >= 0.6 is 46.4 Å². The average molecular weight is 936 g/mol. The van der Waals surface area contributed by atoms with E-state index in [-0.39, 0.29) is 62.0 Å². The van der Waals surface area contributed by atoms with Gasteiger partial charge in [0.15, 0.2) is 0 Å². The molecule has 1 aromatic heterocycles. The molecular formula is C40H32Cl4FN5O8S2. The van der Waals surface area contributed by atoms with Gasteiger partial charge in [0.1, 0.15) is 38.6 Å². The van der Waals surface area contributed by atoms with E-state index in [1.54, 1.807) is 49.4 Å². The lowest BCUT2D eigenvalue weighted by Crippen LogP contribution is -2.17. The summed E-state index contributed by atoms with van der Waals surface area (Å²) < 4.78 is 73.4. The number of amides is 2. The Hall–Kier alpha value is -5.30. The summed E-state index contributed by atoms with van der Waals surface area (Å²) in [5.74, 6) is -0.982. The lowest BCUT2D eigenvalue weighted by Gasteiger charge is -2.13. The summed E-state index contributed by atoms with van der Waals surface area (Å²) in [6.07, 6.45) is 2.62. The zero-order valence-corrected chi connectivity index (χ0v) is 35.6. The number of primary sulfonamides is 2. The van der Waals surface area contributed by atoms with Crippen LogP contribution in [0.3, 0.4) is 0 Å². The summed E-state index contributed by atoms with van der Waals surface area (Å²) in [6, 6.07) is 25.2. The highest BCUT2D eigenvalue weighted by Gasteiger charge is 2.21. The molecule has 0 atom stereocenters. The number of pyridine rings is 1. The Kier molecular flexibility index (Phi) is 15.1. The summed E-state index contributed by atoms with van der Waals surface area (Å²) in [4.78, 5) is 27.9. The molecule has 0 saturated carbocycles. The van der Waals surface area contributed by atoms with E-state index in [0.29, 0.717) is 37.7 Å². The van der Waals surface area contributed by atoms with Gasteiger partial charge in [-0.3, -0.25) is 14.6 Å². The zero-order chi connectivity index (χ0) is 43.8. The predicted molar refractivity (Wildman–Crippen MR) is 229 cm³/mol. The van der Waals surface area contributed by atoms with Crippen molar-refractivity contribution >= 4 is 89.6 Å². The molecule has 20 heteroatoms. The molecule has 60 heavy (non-hydrogen) atoms. The Morgan fingerprint density at radius 2 is 1.18 bits per heavy atom. The Morgan fingerprint density at radius 3 is 1.65 bits per heavy atom. The third kappa shape index (κ3) is 12.8. The Balaban J connectivity index is 0.000000228. The number of hydrogen-bond donors (Lipinski definition) is 4. The zero-order valence-electron chi connectivity index (χ0n) is 31.0. The van der Waals surface area contributed by atoms with Gasteiger partial charge in [-0.1, -0.05) is 64.6 Å². The number of carbonyl (C=O) groups is 2. The first-order valence-corrected chi connectivity index (χ1v) is 21.7. The number of rotatable bonds is 12. The summed E-state index contributed by atoms with van der Waals surface area (Å²) >= 11 is 23.9. The van der Waals surface area contributed by atoms with Gasteiger partial charge in [-0.2, -0.15) is 0 Å². The normalized spacial score (nSPS) is 11.2. The lowest BCUT2D eigenvalue weighted by molar-refractivity contribution is -0.116. The van der Waals surface area contributed by atoms with E-state index in [2.05, 4.69) is 15.6 Å². The molecule has 13 nitrogen and oxygen atoms in total.